The average Bonchev–Trinajstić information content (AvgIpc) is 3.08. The van der Waals surface area contributed by atoms with Crippen molar-refractivity contribution in [1.29, 1.82) is 5.26 Å². The fraction of sp³-hybridized carbons (Fsp3) is 0.217. The second-order valence-corrected chi connectivity index (χ2v) is 7.62. The van der Waals surface area contributed by atoms with Crippen LogP contribution in [0.1, 0.15) is 20.8 Å². The number of carbonyl (C=O) groups is 2. The van der Waals surface area contributed by atoms with Crippen molar-refractivity contribution < 1.29 is 14.0 Å². The number of amides is 2. The first kappa shape index (κ1) is 25.1. The van der Waals surface area contributed by atoms with Gasteiger partial charge in [-0.3, -0.25) is 19.0 Å². The molecule has 0 spiro atoms. The predicted molar refractivity (Wildman–Crippen MR) is 126 cm³/mol. The molecule has 0 aliphatic heterocycles. The van der Waals surface area contributed by atoms with E-state index in [0.717, 1.165) is 11.3 Å². The molecule has 0 saturated heterocycles. The van der Waals surface area contributed by atoms with Crippen molar-refractivity contribution in [3.8, 4) is 6.07 Å². The van der Waals surface area contributed by atoms with Crippen LogP contribution in [-0.4, -0.2) is 22.9 Å². The molecule has 0 aliphatic carbocycles. The van der Waals surface area contributed by atoms with E-state index in [-0.39, 0.29) is 26.9 Å². The lowest BCUT2D eigenvalue weighted by molar-refractivity contribution is -0.117. The average molecular weight is 468 g/mol. The Labute approximate surface area is 193 Å². The highest BCUT2D eigenvalue weighted by Crippen LogP contribution is 2.20. The van der Waals surface area contributed by atoms with Crippen LogP contribution in [0.3, 0.4) is 0 Å². The number of nitriles is 1. The van der Waals surface area contributed by atoms with Crippen LogP contribution in [0.5, 0.6) is 0 Å². The second-order valence-electron chi connectivity index (χ2n) is 6.62. The van der Waals surface area contributed by atoms with Gasteiger partial charge in [-0.15, -0.1) is 0 Å². The quantitative estimate of drug-likeness (QED) is 0.422. The molecule has 0 aliphatic rings. The summed E-state index contributed by atoms with van der Waals surface area (Å²) in [6.07, 6.45) is 1.37. The van der Waals surface area contributed by atoms with Gasteiger partial charge in [0.2, 0.25) is 0 Å². The summed E-state index contributed by atoms with van der Waals surface area (Å²) >= 11 is 1.02. The molecule has 0 fully saturated rings. The molecule has 1 aromatic carbocycles. The molecule has 2 amide bonds. The van der Waals surface area contributed by atoms with Crippen molar-refractivity contribution in [1.82, 2.24) is 9.88 Å². The van der Waals surface area contributed by atoms with Crippen LogP contribution in [0.15, 0.2) is 46.9 Å². The van der Waals surface area contributed by atoms with E-state index in [0.29, 0.717) is 23.4 Å². The number of likely N-dealkylation sites (N-methyl/N-ethyl adjacent to an activating group) is 1. The van der Waals surface area contributed by atoms with Crippen LogP contribution in [-0.2, 0) is 16.1 Å². The first-order chi connectivity index (χ1) is 15.7. The summed E-state index contributed by atoms with van der Waals surface area (Å²) in [5.74, 6) is -1.69. The standard InChI is InChI=1S/C23H22FN5O3S/c1-5-26-22(31)15(13-25)11-20-29(6-2)23(32)19(33-20)9-10-27-16-7-8-17(24)18(12-16)28-21(30)14(3)4/h7-8,10,12,27H,3,5-6H2,1-2,4H3,(H,26,31)(H,28,30). The van der Waals surface area contributed by atoms with Crippen molar-refractivity contribution in [2.24, 2.45) is 0 Å². The number of carbonyl (C=O) groups excluding carboxylic acids is 2. The minimum absolute atomic E-state index is 0.0257. The number of nitrogens with zero attached hydrogens (tertiary/aromatic N) is 2. The Bertz CT molecular complexity index is 1400. The maximum absolute atomic E-state index is 14.0. The maximum atomic E-state index is 14.0. The highest BCUT2D eigenvalue weighted by Gasteiger charge is 2.09. The summed E-state index contributed by atoms with van der Waals surface area (Å²) in [6.45, 7) is 9.16. The monoisotopic (exact) mass is 467 g/mol. The molecule has 0 saturated carbocycles. The smallest absolute Gasteiger partial charge is 0.277 e. The molecule has 0 radical (unpaired) electrons. The van der Waals surface area contributed by atoms with Gasteiger partial charge in [-0.1, -0.05) is 29.4 Å². The van der Waals surface area contributed by atoms with Gasteiger partial charge in [0.05, 0.1) is 5.69 Å². The van der Waals surface area contributed by atoms with E-state index >= 15 is 0 Å². The van der Waals surface area contributed by atoms with Gasteiger partial charge in [-0.2, -0.15) is 5.26 Å². The lowest BCUT2D eigenvalue weighted by Gasteiger charge is -2.08. The zero-order valence-corrected chi connectivity index (χ0v) is 19.2. The van der Waals surface area contributed by atoms with Crippen LogP contribution in [0, 0.1) is 17.1 Å². The summed E-state index contributed by atoms with van der Waals surface area (Å²) in [5, 5.41) is 17.0. The number of hydrogen-bond donors (Lipinski definition) is 3. The number of aromatic nitrogens is 1. The first-order valence-electron chi connectivity index (χ1n) is 9.88. The number of hydrogen-bond acceptors (Lipinski definition) is 6. The number of thiazole rings is 1. The molecule has 170 valence electrons. The summed E-state index contributed by atoms with van der Waals surface area (Å²) < 4.78 is 15.9. The lowest BCUT2D eigenvalue weighted by Crippen LogP contribution is -2.30. The highest BCUT2D eigenvalue weighted by atomic mass is 32.1. The summed E-state index contributed by atoms with van der Waals surface area (Å²) in [5.41, 5.74) is 5.59. The van der Waals surface area contributed by atoms with E-state index < -0.39 is 17.6 Å². The van der Waals surface area contributed by atoms with Crippen LogP contribution < -0.4 is 30.7 Å². The Morgan fingerprint density at radius 2 is 2.03 bits per heavy atom. The fourth-order valence-electron chi connectivity index (χ4n) is 2.50. The van der Waals surface area contributed by atoms with Gasteiger partial charge >= 0.3 is 0 Å². The van der Waals surface area contributed by atoms with Crippen LogP contribution in [0.4, 0.5) is 15.8 Å². The van der Waals surface area contributed by atoms with Gasteiger partial charge in [0.1, 0.15) is 21.1 Å². The van der Waals surface area contributed by atoms with Crippen molar-refractivity contribution in [2.45, 2.75) is 27.3 Å². The number of rotatable bonds is 7. The van der Waals surface area contributed by atoms with E-state index in [1.165, 1.54) is 35.9 Å². The Morgan fingerprint density at radius 1 is 1.30 bits per heavy atom. The van der Waals surface area contributed by atoms with E-state index in [4.69, 9.17) is 0 Å². The SMILES string of the molecule is C=C(C)C(=O)Nc1cc(NC=C=c2sc(=C=C(C#N)C(=O)NCC)n(CC)c2=O)ccc1F. The zero-order valence-electron chi connectivity index (χ0n) is 18.3. The number of nitrogens with one attached hydrogen (secondary N) is 3. The third-order valence-corrected chi connectivity index (χ3v) is 5.16. The molecule has 2 rings (SSSR count). The zero-order chi connectivity index (χ0) is 24.5. The molecule has 8 nitrogen and oxygen atoms in total. The van der Waals surface area contributed by atoms with Gasteiger partial charge in [-0.25, -0.2) is 4.39 Å². The molecule has 2 aromatic rings. The number of anilines is 2. The molecule has 3 N–H and O–H groups in total. The van der Waals surface area contributed by atoms with E-state index in [9.17, 15) is 24.0 Å². The largest absolute Gasteiger partial charge is 0.355 e. The Kier molecular flexibility index (Phi) is 8.72. The molecule has 1 aromatic heterocycles. The molecular weight excluding hydrogens is 445 g/mol. The minimum atomic E-state index is -0.612. The van der Waals surface area contributed by atoms with Crippen molar-refractivity contribution in [2.75, 3.05) is 17.2 Å². The molecular formula is C23H22FN5O3S. The van der Waals surface area contributed by atoms with Crippen LogP contribution in [0.25, 0.3) is 11.5 Å². The van der Waals surface area contributed by atoms with Gasteiger partial charge in [-0.05, 0) is 39.0 Å². The van der Waals surface area contributed by atoms with Gasteiger partial charge in [0.15, 0.2) is 5.57 Å². The first-order valence-corrected chi connectivity index (χ1v) is 10.7. The lowest BCUT2D eigenvalue weighted by atomic mass is 10.2. The minimum Gasteiger partial charge on any atom is -0.355 e. The molecule has 33 heavy (non-hydrogen) atoms. The van der Waals surface area contributed by atoms with E-state index in [2.05, 4.69) is 34.0 Å². The topological polar surface area (TPSA) is 116 Å². The maximum Gasteiger partial charge on any atom is 0.277 e. The van der Waals surface area contributed by atoms with Gasteiger partial charge < -0.3 is 16.0 Å². The van der Waals surface area contributed by atoms with E-state index in [1.54, 1.807) is 19.9 Å². The van der Waals surface area contributed by atoms with Crippen molar-refractivity contribution in [3.05, 3.63) is 67.5 Å². The number of benzene rings is 1. The van der Waals surface area contributed by atoms with E-state index in [1.807, 2.05) is 0 Å². The van der Waals surface area contributed by atoms with Gasteiger partial charge in [0.25, 0.3) is 17.4 Å². The van der Waals surface area contributed by atoms with Gasteiger partial charge in [0, 0.05) is 30.5 Å². The van der Waals surface area contributed by atoms with Crippen molar-refractivity contribution >= 4 is 46.0 Å². The normalized spacial score (nSPS) is 9.67. The third-order valence-electron chi connectivity index (χ3n) is 4.15. The second kappa shape index (κ2) is 11.5. The number of halogens is 1. The Balaban J connectivity index is 2.48. The highest BCUT2D eigenvalue weighted by molar-refractivity contribution is 7.07. The predicted octanol–water partition coefficient (Wildman–Crippen LogP) is 1.55. The molecule has 10 heteroatoms. The summed E-state index contributed by atoms with van der Waals surface area (Å²) in [4.78, 5) is 36.3. The van der Waals surface area contributed by atoms with Crippen LogP contribution in [0.2, 0.25) is 0 Å². The fourth-order valence-corrected chi connectivity index (χ4v) is 3.48. The van der Waals surface area contributed by atoms with Crippen molar-refractivity contribution in [3.63, 3.8) is 0 Å². The molecule has 1 heterocycles. The molecule has 0 bridgehead atoms. The van der Waals surface area contributed by atoms with Crippen LogP contribution >= 0.6 is 11.3 Å². The molecule has 0 atom stereocenters. The third kappa shape index (κ3) is 6.42. The Hall–Kier alpha value is -4.15. The molecule has 0 unspecified atom stereocenters. The Morgan fingerprint density at radius 3 is 2.64 bits per heavy atom. The summed E-state index contributed by atoms with van der Waals surface area (Å²) in [7, 11) is 0. The summed E-state index contributed by atoms with van der Waals surface area (Å²) in [6, 6.07) is 5.81.